The summed E-state index contributed by atoms with van der Waals surface area (Å²) in [7, 11) is 0. The third-order valence-corrected chi connectivity index (χ3v) is 7.06. The molecule has 3 aromatic heterocycles. The minimum Gasteiger partial charge on any atom is -0.370 e. The van der Waals surface area contributed by atoms with E-state index in [-0.39, 0.29) is 0 Å². The van der Waals surface area contributed by atoms with Crippen molar-refractivity contribution in [2.45, 2.75) is 45.1 Å². The zero-order chi connectivity index (χ0) is 22.9. The van der Waals surface area contributed by atoms with E-state index in [2.05, 4.69) is 60.9 Å². The fraction of sp³-hybridized carbons (Fsp3) is 0.423. The number of hydrogen-bond acceptors (Lipinski definition) is 6. The van der Waals surface area contributed by atoms with E-state index in [1.54, 1.807) is 0 Å². The van der Waals surface area contributed by atoms with Gasteiger partial charge < -0.3 is 20.5 Å². The molecule has 6 rings (SSSR count). The molecule has 1 aromatic carbocycles. The molecule has 8 nitrogen and oxygen atoms in total. The predicted molar refractivity (Wildman–Crippen MR) is 135 cm³/mol. The van der Waals surface area contributed by atoms with Gasteiger partial charge in [-0.2, -0.15) is 9.61 Å². The molecule has 1 aliphatic carbocycles. The molecular formula is C26H32N8. The quantitative estimate of drug-likeness (QED) is 0.370. The van der Waals surface area contributed by atoms with E-state index >= 15 is 0 Å². The number of anilines is 2. The second-order valence-corrected chi connectivity index (χ2v) is 9.57. The lowest BCUT2D eigenvalue weighted by Crippen LogP contribution is -2.31. The number of nitrogens with one attached hydrogen (secondary N) is 3. The molecule has 3 N–H and O–H groups in total. The van der Waals surface area contributed by atoms with Crippen LogP contribution in [-0.2, 0) is 6.54 Å². The number of aryl methyl sites for hydroxylation is 1. The van der Waals surface area contributed by atoms with Gasteiger partial charge in [-0.3, -0.25) is 0 Å². The molecule has 4 aromatic rings. The Kier molecular flexibility index (Phi) is 5.66. The summed E-state index contributed by atoms with van der Waals surface area (Å²) in [6.45, 7) is 5.92. The highest BCUT2D eigenvalue weighted by atomic mass is 15.3. The van der Waals surface area contributed by atoms with Crippen LogP contribution in [0, 0.1) is 12.8 Å². The number of rotatable bonds is 8. The van der Waals surface area contributed by atoms with Gasteiger partial charge in [0.05, 0.1) is 6.20 Å². The highest BCUT2D eigenvalue weighted by molar-refractivity contribution is 5.61. The van der Waals surface area contributed by atoms with Crippen molar-refractivity contribution >= 4 is 17.3 Å². The average molecular weight is 457 g/mol. The van der Waals surface area contributed by atoms with Gasteiger partial charge in [0.15, 0.2) is 5.65 Å². The first kappa shape index (κ1) is 21.2. The van der Waals surface area contributed by atoms with Crippen molar-refractivity contribution in [3.8, 4) is 5.69 Å². The summed E-state index contributed by atoms with van der Waals surface area (Å²) < 4.78 is 4.06. The molecular weight excluding hydrogens is 424 g/mol. The van der Waals surface area contributed by atoms with Crippen LogP contribution in [0.4, 0.5) is 11.6 Å². The Hall–Kier alpha value is -3.39. The molecule has 8 heteroatoms. The monoisotopic (exact) mass is 456 g/mol. The number of benzene rings is 1. The standard InChI is InChI=1S/C26H32N8/c1-18-28-12-13-33(18)22-6-2-19(3-7-22)16-30-25-14-24(29-15-20-8-10-27-11-9-20)32-26-23(21-4-5-21)17-31-34(25)26/h2-3,6-7,12-14,17,20-21,27,30H,4-5,8-11,15-16H2,1H3,(H,29,32). The largest absolute Gasteiger partial charge is 0.370 e. The normalized spacial score (nSPS) is 16.7. The first-order chi connectivity index (χ1) is 16.7. The van der Waals surface area contributed by atoms with Crippen molar-refractivity contribution in [2.24, 2.45) is 5.92 Å². The average Bonchev–Trinajstić information content (AvgIpc) is 3.48. The van der Waals surface area contributed by atoms with Gasteiger partial charge in [0, 0.05) is 42.8 Å². The lowest BCUT2D eigenvalue weighted by molar-refractivity contribution is 0.389. The fourth-order valence-electron chi connectivity index (χ4n) is 4.83. The fourth-order valence-corrected chi connectivity index (χ4v) is 4.83. The van der Waals surface area contributed by atoms with Gasteiger partial charge in [0.25, 0.3) is 0 Å². The van der Waals surface area contributed by atoms with Crippen molar-refractivity contribution in [2.75, 3.05) is 30.3 Å². The summed E-state index contributed by atoms with van der Waals surface area (Å²) in [6.07, 6.45) is 10.7. The van der Waals surface area contributed by atoms with Crippen molar-refractivity contribution in [3.63, 3.8) is 0 Å². The van der Waals surface area contributed by atoms with Crippen molar-refractivity contribution in [1.29, 1.82) is 0 Å². The second-order valence-electron chi connectivity index (χ2n) is 9.57. The van der Waals surface area contributed by atoms with Gasteiger partial charge in [-0.05, 0) is 75.2 Å². The van der Waals surface area contributed by atoms with E-state index in [9.17, 15) is 0 Å². The Morgan fingerprint density at radius 2 is 1.88 bits per heavy atom. The number of piperidine rings is 1. The third kappa shape index (κ3) is 4.37. The Morgan fingerprint density at radius 3 is 2.62 bits per heavy atom. The van der Waals surface area contributed by atoms with Crippen LogP contribution >= 0.6 is 0 Å². The van der Waals surface area contributed by atoms with Crippen LogP contribution in [0.5, 0.6) is 0 Å². The van der Waals surface area contributed by atoms with E-state index < -0.39 is 0 Å². The smallest absolute Gasteiger partial charge is 0.163 e. The molecule has 0 amide bonds. The molecule has 0 bridgehead atoms. The maximum absolute atomic E-state index is 4.97. The lowest BCUT2D eigenvalue weighted by Gasteiger charge is -2.23. The molecule has 0 unspecified atom stereocenters. The van der Waals surface area contributed by atoms with Crippen LogP contribution < -0.4 is 16.0 Å². The van der Waals surface area contributed by atoms with Gasteiger partial charge in [-0.25, -0.2) is 9.97 Å². The highest BCUT2D eigenvalue weighted by Gasteiger charge is 2.28. The summed E-state index contributed by atoms with van der Waals surface area (Å²) >= 11 is 0. The molecule has 0 atom stereocenters. The first-order valence-corrected chi connectivity index (χ1v) is 12.4. The van der Waals surface area contributed by atoms with Gasteiger partial charge in [0.1, 0.15) is 17.5 Å². The van der Waals surface area contributed by atoms with Crippen LogP contribution in [0.1, 0.15) is 48.6 Å². The third-order valence-electron chi connectivity index (χ3n) is 7.06. The minimum atomic E-state index is 0.608. The molecule has 0 radical (unpaired) electrons. The Bertz CT molecular complexity index is 1260. The van der Waals surface area contributed by atoms with Crippen LogP contribution in [0.2, 0.25) is 0 Å². The summed E-state index contributed by atoms with van der Waals surface area (Å²) in [5.41, 5.74) is 4.58. The highest BCUT2D eigenvalue weighted by Crippen LogP contribution is 2.42. The van der Waals surface area contributed by atoms with Crippen LogP contribution in [-0.4, -0.2) is 43.8 Å². The first-order valence-electron chi connectivity index (χ1n) is 12.4. The Morgan fingerprint density at radius 1 is 1.06 bits per heavy atom. The number of hydrogen-bond donors (Lipinski definition) is 3. The molecule has 176 valence electrons. The van der Waals surface area contributed by atoms with Crippen molar-refractivity contribution < 1.29 is 0 Å². The Balaban J connectivity index is 1.21. The van der Waals surface area contributed by atoms with Crippen LogP contribution in [0.3, 0.4) is 0 Å². The van der Waals surface area contributed by atoms with E-state index in [1.165, 1.54) is 36.8 Å². The number of aromatic nitrogens is 5. The van der Waals surface area contributed by atoms with E-state index in [0.717, 1.165) is 48.4 Å². The van der Waals surface area contributed by atoms with Gasteiger partial charge in [-0.1, -0.05) is 12.1 Å². The molecule has 34 heavy (non-hydrogen) atoms. The summed E-state index contributed by atoms with van der Waals surface area (Å²) in [5.74, 6) is 4.19. The van der Waals surface area contributed by atoms with Gasteiger partial charge in [0.2, 0.25) is 0 Å². The molecule has 0 spiro atoms. The molecule has 2 aliphatic rings. The SMILES string of the molecule is Cc1nccn1-c1ccc(CNc2cc(NCC3CCNCC3)nc3c(C4CC4)cnn23)cc1. The number of nitrogens with zero attached hydrogens (tertiary/aromatic N) is 5. The van der Waals surface area contributed by atoms with E-state index in [0.29, 0.717) is 18.4 Å². The zero-order valence-electron chi connectivity index (χ0n) is 19.7. The summed E-state index contributed by atoms with van der Waals surface area (Å²) in [5, 5.41) is 15.4. The molecule has 1 aliphatic heterocycles. The summed E-state index contributed by atoms with van der Waals surface area (Å²) in [6, 6.07) is 10.7. The van der Waals surface area contributed by atoms with E-state index in [4.69, 9.17) is 4.98 Å². The van der Waals surface area contributed by atoms with Crippen molar-refractivity contribution in [1.82, 2.24) is 29.5 Å². The van der Waals surface area contributed by atoms with Crippen LogP contribution in [0.15, 0.2) is 48.9 Å². The lowest BCUT2D eigenvalue weighted by atomic mass is 9.98. The second kappa shape index (κ2) is 9.10. The van der Waals surface area contributed by atoms with Crippen LogP contribution in [0.25, 0.3) is 11.3 Å². The Labute approximate surface area is 199 Å². The predicted octanol–water partition coefficient (Wildman–Crippen LogP) is 4.12. The molecule has 1 saturated carbocycles. The van der Waals surface area contributed by atoms with Crippen molar-refractivity contribution in [3.05, 3.63) is 65.9 Å². The summed E-state index contributed by atoms with van der Waals surface area (Å²) in [4.78, 5) is 9.29. The number of imidazole rings is 1. The van der Waals surface area contributed by atoms with Gasteiger partial charge >= 0.3 is 0 Å². The molecule has 4 heterocycles. The van der Waals surface area contributed by atoms with Gasteiger partial charge in [-0.15, -0.1) is 0 Å². The number of fused-ring (bicyclic) bond motifs is 1. The van der Waals surface area contributed by atoms with E-state index in [1.807, 2.05) is 30.0 Å². The minimum absolute atomic E-state index is 0.608. The molecule has 2 fully saturated rings. The maximum atomic E-state index is 4.97. The molecule has 1 saturated heterocycles. The maximum Gasteiger partial charge on any atom is 0.163 e. The topological polar surface area (TPSA) is 84.1 Å². The zero-order valence-corrected chi connectivity index (χ0v) is 19.7.